The second-order valence-corrected chi connectivity index (χ2v) is 8.89. The van der Waals surface area contributed by atoms with Crippen LogP contribution in [0.5, 0.6) is 0 Å². The Hall–Kier alpha value is -1.93. The Kier molecular flexibility index (Phi) is 7.60. The van der Waals surface area contributed by atoms with Gasteiger partial charge in [-0.3, -0.25) is 14.5 Å². The van der Waals surface area contributed by atoms with E-state index in [9.17, 15) is 14.4 Å². The minimum absolute atomic E-state index is 0.183. The zero-order valence-corrected chi connectivity index (χ0v) is 18.4. The van der Waals surface area contributed by atoms with Gasteiger partial charge in [-0.2, -0.15) is 0 Å². The Morgan fingerprint density at radius 2 is 1.82 bits per heavy atom. The highest BCUT2D eigenvalue weighted by atomic mass is 32.1. The molecule has 8 heteroatoms. The number of carbonyl (C=O) groups excluding carboxylic acids is 3. The van der Waals surface area contributed by atoms with Crippen LogP contribution in [0.4, 0.5) is 5.00 Å². The van der Waals surface area contributed by atoms with Gasteiger partial charge in [-0.05, 0) is 37.7 Å². The Morgan fingerprint density at radius 1 is 1.21 bits per heavy atom. The number of hydrogen-bond donors (Lipinski definition) is 1. The molecule has 1 aliphatic heterocycles. The van der Waals surface area contributed by atoms with E-state index in [4.69, 9.17) is 4.74 Å². The summed E-state index contributed by atoms with van der Waals surface area (Å²) < 4.78 is 5.14. The predicted octanol–water partition coefficient (Wildman–Crippen LogP) is 2.85. The second-order valence-electron chi connectivity index (χ2n) is 7.87. The van der Waals surface area contributed by atoms with Gasteiger partial charge in [-0.15, -0.1) is 11.3 Å². The van der Waals surface area contributed by atoms with Crippen molar-refractivity contribution in [1.82, 2.24) is 9.80 Å². The summed E-state index contributed by atoms with van der Waals surface area (Å²) in [6, 6.07) is 0. The number of esters is 1. The van der Waals surface area contributed by atoms with Crippen molar-refractivity contribution < 1.29 is 19.1 Å². The number of amides is 2. The van der Waals surface area contributed by atoms with Gasteiger partial charge < -0.3 is 15.0 Å². The molecule has 1 aromatic rings. The van der Waals surface area contributed by atoms with Crippen molar-refractivity contribution in [2.24, 2.45) is 11.8 Å². The molecule has 2 rings (SSSR count). The number of rotatable bonds is 6. The molecular weight excluding hydrogens is 378 g/mol. The van der Waals surface area contributed by atoms with Crippen molar-refractivity contribution in [2.75, 3.05) is 45.7 Å². The molecule has 2 atom stereocenters. The highest BCUT2D eigenvalue weighted by Gasteiger charge is 2.28. The van der Waals surface area contributed by atoms with E-state index >= 15 is 0 Å². The zero-order valence-electron chi connectivity index (χ0n) is 17.6. The summed E-state index contributed by atoms with van der Waals surface area (Å²) in [7, 11) is 3.31. The topological polar surface area (TPSA) is 79.0 Å². The van der Waals surface area contributed by atoms with Gasteiger partial charge in [-0.1, -0.05) is 13.8 Å². The van der Waals surface area contributed by atoms with E-state index in [0.29, 0.717) is 27.3 Å². The molecule has 7 nitrogen and oxygen atoms in total. The van der Waals surface area contributed by atoms with Crippen molar-refractivity contribution >= 4 is 34.1 Å². The Morgan fingerprint density at radius 3 is 2.36 bits per heavy atom. The molecule has 1 aliphatic rings. The lowest BCUT2D eigenvalue weighted by Gasteiger charge is -2.34. The van der Waals surface area contributed by atoms with E-state index in [0.717, 1.165) is 24.4 Å². The van der Waals surface area contributed by atoms with E-state index in [-0.39, 0.29) is 30.5 Å². The van der Waals surface area contributed by atoms with Crippen LogP contribution in [0.3, 0.4) is 0 Å². The fourth-order valence-corrected chi connectivity index (χ4v) is 4.98. The smallest absolute Gasteiger partial charge is 0.341 e. The third kappa shape index (κ3) is 5.32. The molecular formula is C20H31N3O4S. The molecule has 2 heterocycles. The van der Waals surface area contributed by atoms with Crippen LogP contribution in [-0.4, -0.2) is 67.9 Å². The fourth-order valence-electron chi connectivity index (χ4n) is 3.75. The number of anilines is 1. The first-order valence-corrected chi connectivity index (χ1v) is 10.5. The van der Waals surface area contributed by atoms with Gasteiger partial charge in [0.15, 0.2) is 0 Å². The Bertz CT molecular complexity index is 734. The van der Waals surface area contributed by atoms with Crippen LogP contribution in [0.15, 0.2) is 0 Å². The van der Waals surface area contributed by atoms with Gasteiger partial charge >= 0.3 is 5.97 Å². The van der Waals surface area contributed by atoms with Crippen LogP contribution in [-0.2, 0) is 9.53 Å². The average molecular weight is 410 g/mol. The number of nitrogens with one attached hydrogen (secondary N) is 1. The third-order valence-corrected chi connectivity index (χ3v) is 5.99. The lowest BCUT2D eigenvalue weighted by molar-refractivity contribution is -0.117. The van der Waals surface area contributed by atoms with Crippen LogP contribution in [0, 0.1) is 18.8 Å². The first-order chi connectivity index (χ1) is 13.1. The van der Waals surface area contributed by atoms with E-state index in [2.05, 4.69) is 24.1 Å². The fraction of sp³-hybridized carbons (Fsp3) is 0.650. The second kappa shape index (κ2) is 9.52. The summed E-state index contributed by atoms with van der Waals surface area (Å²) >= 11 is 1.13. The number of hydrogen-bond acceptors (Lipinski definition) is 6. The van der Waals surface area contributed by atoms with Gasteiger partial charge in [0.2, 0.25) is 5.91 Å². The lowest BCUT2D eigenvalue weighted by atomic mass is 9.92. The summed E-state index contributed by atoms with van der Waals surface area (Å²) in [4.78, 5) is 41.6. The van der Waals surface area contributed by atoms with E-state index in [1.165, 1.54) is 11.3 Å². The molecule has 1 aromatic heterocycles. The Balaban J connectivity index is 2.22. The van der Waals surface area contributed by atoms with Crippen molar-refractivity contribution in [2.45, 2.75) is 34.1 Å². The highest BCUT2D eigenvalue weighted by molar-refractivity contribution is 7.18. The largest absolute Gasteiger partial charge is 0.462 e. The maximum absolute atomic E-state index is 12.7. The minimum Gasteiger partial charge on any atom is -0.462 e. The van der Waals surface area contributed by atoms with Gasteiger partial charge in [0, 0.05) is 27.2 Å². The highest BCUT2D eigenvalue weighted by Crippen LogP contribution is 2.34. The number of thiophene rings is 1. The number of piperidine rings is 1. The molecule has 1 saturated heterocycles. The summed E-state index contributed by atoms with van der Waals surface area (Å²) in [5.41, 5.74) is 0.809. The van der Waals surface area contributed by atoms with Gasteiger partial charge in [-0.25, -0.2) is 4.79 Å². The normalized spacial score (nSPS) is 19.9. The average Bonchev–Trinajstić information content (AvgIpc) is 2.89. The van der Waals surface area contributed by atoms with Crippen LogP contribution in [0.2, 0.25) is 0 Å². The number of likely N-dealkylation sites (tertiary alicyclic amines) is 1. The monoisotopic (exact) mass is 409 g/mol. The van der Waals surface area contributed by atoms with Gasteiger partial charge in [0.25, 0.3) is 5.91 Å². The van der Waals surface area contributed by atoms with Crippen LogP contribution >= 0.6 is 11.3 Å². The molecule has 2 amide bonds. The van der Waals surface area contributed by atoms with Crippen LogP contribution < -0.4 is 5.32 Å². The van der Waals surface area contributed by atoms with E-state index < -0.39 is 5.97 Å². The molecule has 0 aliphatic carbocycles. The molecule has 0 spiro atoms. The summed E-state index contributed by atoms with van der Waals surface area (Å²) in [6.07, 6.45) is 1.17. The Labute approximate surface area is 171 Å². The summed E-state index contributed by atoms with van der Waals surface area (Å²) in [5.74, 6) is 0.202. The van der Waals surface area contributed by atoms with E-state index in [1.807, 2.05) is 0 Å². The number of nitrogens with zero attached hydrogens (tertiary/aromatic N) is 2. The van der Waals surface area contributed by atoms with Crippen molar-refractivity contribution in [1.29, 1.82) is 0 Å². The molecule has 1 N–H and O–H groups in total. The van der Waals surface area contributed by atoms with Crippen molar-refractivity contribution in [3.8, 4) is 0 Å². The molecule has 0 aromatic carbocycles. The molecule has 28 heavy (non-hydrogen) atoms. The van der Waals surface area contributed by atoms with Gasteiger partial charge in [0.1, 0.15) is 5.00 Å². The maximum Gasteiger partial charge on any atom is 0.341 e. The van der Waals surface area contributed by atoms with Crippen LogP contribution in [0.1, 0.15) is 52.8 Å². The quantitative estimate of drug-likeness (QED) is 0.731. The number of carbonyl (C=O) groups is 3. The summed E-state index contributed by atoms with van der Waals surface area (Å²) in [5, 5.41) is 3.23. The lowest BCUT2D eigenvalue weighted by Crippen LogP contribution is -2.42. The molecule has 156 valence electrons. The standard InChI is InChI=1S/C20H31N3O4S/c1-7-27-20(26)16-14(4)17(19(25)22(5)6)28-18(16)21-15(24)11-23-9-12(2)8-13(3)10-23/h12-13H,7-11H2,1-6H3,(H,21,24)/t12-,13+. The maximum atomic E-state index is 12.7. The summed E-state index contributed by atoms with van der Waals surface area (Å²) in [6.45, 7) is 10.1. The first-order valence-electron chi connectivity index (χ1n) is 9.68. The molecule has 0 bridgehead atoms. The molecule has 0 radical (unpaired) electrons. The minimum atomic E-state index is -0.524. The van der Waals surface area contributed by atoms with E-state index in [1.54, 1.807) is 27.9 Å². The molecule has 1 fully saturated rings. The molecule has 0 unspecified atom stereocenters. The predicted molar refractivity (Wildman–Crippen MR) is 111 cm³/mol. The van der Waals surface area contributed by atoms with Crippen molar-refractivity contribution in [3.05, 3.63) is 16.0 Å². The van der Waals surface area contributed by atoms with Crippen molar-refractivity contribution in [3.63, 3.8) is 0 Å². The first kappa shape index (κ1) is 22.4. The SMILES string of the molecule is CCOC(=O)c1c(NC(=O)CN2C[C@H](C)C[C@H](C)C2)sc(C(=O)N(C)C)c1C. The zero-order chi connectivity index (χ0) is 21.0. The molecule has 0 saturated carbocycles. The van der Waals surface area contributed by atoms with Gasteiger partial charge in [0.05, 0.1) is 23.6 Å². The third-order valence-electron chi connectivity index (χ3n) is 4.79. The van der Waals surface area contributed by atoms with Crippen LogP contribution in [0.25, 0.3) is 0 Å². The number of ether oxygens (including phenoxy) is 1.